The molecule has 0 atom stereocenters. The Bertz CT molecular complexity index is 796. The maximum atomic E-state index is 12.0. The molecule has 0 unspecified atom stereocenters. The van der Waals surface area contributed by atoms with Crippen LogP contribution in [-0.2, 0) is 9.53 Å². The van der Waals surface area contributed by atoms with Crippen molar-refractivity contribution in [1.82, 2.24) is 0 Å². The van der Waals surface area contributed by atoms with E-state index in [4.69, 9.17) is 21.1 Å². The third kappa shape index (κ3) is 2.73. The van der Waals surface area contributed by atoms with Gasteiger partial charge in [-0.05, 0) is 29.8 Å². The zero-order valence-electron chi connectivity index (χ0n) is 11.7. The summed E-state index contributed by atoms with van der Waals surface area (Å²) in [6, 6.07) is 14.4. The zero-order chi connectivity index (χ0) is 15.5. The highest BCUT2D eigenvalue weighted by Crippen LogP contribution is 2.26. The fourth-order valence-electron chi connectivity index (χ4n) is 2.09. The lowest BCUT2D eigenvalue weighted by Crippen LogP contribution is -2.06. The molecule has 0 bridgehead atoms. The van der Waals surface area contributed by atoms with Gasteiger partial charge >= 0.3 is 5.97 Å². The number of esters is 1. The first-order chi connectivity index (χ1) is 10.7. The number of aliphatic imine (C=N–C) groups is 1. The van der Waals surface area contributed by atoms with Gasteiger partial charge in [0.1, 0.15) is 5.75 Å². The molecular weight excluding hydrogens is 302 g/mol. The van der Waals surface area contributed by atoms with Crippen molar-refractivity contribution in [3.63, 3.8) is 0 Å². The van der Waals surface area contributed by atoms with Crippen LogP contribution >= 0.6 is 11.6 Å². The summed E-state index contributed by atoms with van der Waals surface area (Å²) in [5.41, 5.74) is 1.54. The summed E-state index contributed by atoms with van der Waals surface area (Å²) in [6.45, 7) is 0. The van der Waals surface area contributed by atoms with Crippen molar-refractivity contribution in [1.29, 1.82) is 0 Å². The molecule has 0 aromatic heterocycles. The highest BCUT2D eigenvalue weighted by Gasteiger charge is 2.26. The Labute approximate surface area is 132 Å². The van der Waals surface area contributed by atoms with Gasteiger partial charge in [-0.3, -0.25) is 0 Å². The second-order valence-electron chi connectivity index (χ2n) is 4.56. The molecule has 0 saturated heterocycles. The van der Waals surface area contributed by atoms with Gasteiger partial charge in [0.2, 0.25) is 5.90 Å². The number of carbonyl (C=O) groups is 1. The number of ether oxygens (including phenoxy) is 2. The first-order valence-electron chi connectivity index (χ1n) is 6.59. The minimum absolute atomic E-state index is 0.203. The average Bonchev–Trinajstić information content (AvgIpc) is 2.90. The first-order valence-corrected chi connectivity index (χ1v) is 6.97. The number of methoxy groups -OCH3 is 1. The van der Waals surface area contributed by atoms with Crippen LogP contribution in [0, 0.1) is 0 Å². The van der Waals surface area contributed by atoms with Crippen LogP contribution in [0.5, 0.6) is 5.75 Å². The number of benzene rings is 2. The average molecular weight is 314 g/mol. The summed E-state index contributed by atoms with van der Waals surface area (Å²) in [7, 11) is 1.55. The van der Waals surface area contributed by atoms with Gasteiger partial charge in [-0.1, -0.05) is 41.9 Å². The Balaban J connectivity index is 2.00. The van der Waals surface area contributed by atoms with E-state index in [0.717, 1.165) is 0 Å². The summed E-state index contributed by atoms with van der Waals surface area (Å²) in [5, 5.41) is 0.545. The van der Waals surface area contributed by atoms with E-state index >= 15 is 0 Å². The van der Waals surface area contributed by atoms with Crippen molar-refractivity contribution in [2.24, 2.45) is 4.99 Å². The third-order valence-electron chi connectivity index (χ3n) is 3.16. The lowest BCUT2D eigenvalue weighted by molar-refractivity contribution is -0.129. The van der Waals surface area contributed by atoms with Crippen LogP contribution in [0.25, 0.3) is 6.08 Å². The lowest BCUT2D eigenvalue weighted by atomic mass is 10.2. The molecule has 2 aromatic carbocycles. The molecule has 0 spiro atoms. The molecule has 0 aliphatic carbocycles. The van der Waals surface area contributed by atoms with Gasteiger partial charge in [-0.15, -0.1) is 0 Å². The van der Waals surface area contributed by atoms with Crippen LogP contribution in [-0.4, -0.2) is 19.0 Å². The zero-order valence-corrected chi connectivity index (χ0v) is 12.5. The number of cyclic esters (lactones) is 1. The summed E-state index contributed by atoms with van der Waals surface area (Å²) in [4.78, 5) is 16.2. The van der Waals surface area contributed by atoms with Gasteiger partial charge in [0.05, 0.1) is 12.7 Å². The lowest BCUT2D eigenvalue weighted by Gasteiger charge is -2.05. The molecule has 4 nitrogen and oxygen atoms in total. The topological polar surface area (TPSA) is 47.9 Å². The van der Waals surface area contributed by atoms with Crippen LogP contribution in [0.1, 0.15) is 11.1 Å². The Kier molecular flexibility index (Phi) is 3.94. The van der Waals surface area contributed by atoms with Gasteiger partial charge in [-0.2, -0.15) is 0 Å². The van der Waals surface area contributed by atoms with Crippen LogP contribution in [0.2, 0.25) is 5.02 Å². The molecule has 0 fully saturated rings. The van der Waals surface area contributed by atoms with Crippen molar-refractivity contribution in [3.05, 3.63) is 70.4 Å². The van der Waals surface area contributed by atoms with Crippen molar-refractivity contribution in [2.75, 3.05) is 7.11 Å². The number of halogens is 1. The van der Waals surface area contributed by atoms with E-state index in [1.165, 1.54) is 0 Å². The molecule has 0 amide bonds. The molecule has 2 aromatic rings. The highest BCUT2D eigenvalue weighted by molar-refractivity contribution is 6.32. The molecule has 1 aliphatic rings. The normalized spacial score (nSPS) is 15.6. The number of rotatable bonds is 3. The van der Waals surface area contributed by atoms with Crippen LogP contribution in [0.15, 0.2) is 59.2 Å². The van der Waals surface area contributed by atoms with Crippen molar-refractivity contribution in [3.8, 4) is 5.75 Å². The van der Waals surface area contributed by atoms with Crippen molar-refractivity contribution < 1.29 is 14.3 Å². The van der Waals surface area contributed by atoms with Gasteiger partial charge in [-0.25, -0.2) is 9.79 Å². The fourth-order valence-corrected chi connectivity index (χ4v) is 2.28. The minimum Gasteiger partial charge on any atom is -0.496 e. The maximum absolute atomic E-state index is 12.0. The summed E-state index contributed by atoms with van der Waals surface area (Å²) < 4.78 is 10.5. The number of para-hydroxylation sites is 1. The Hall–Kier alpha value is -2.59. The SMILES string of the molecule is COc1ccccc1C1=N/C(=C/c2ccccc2Cl)C(=O)O1. The van der Waals surface area contributed by atoms with E-state index in [1.54, 1.807) is 37.5 Å². The molecule has 0 N–H and O–H groups in total. The molecule has 3 rings (SSSR count). The van der Waals surface area contributed by atoms with Gasteiger partial charge in [0.15, 0.2) is 5.70 Å². The van der Waals surface area contributed by atoms with Gasteiger partial charge in [0.25, 0.3) is 0 Å². The van der Waals surface area contributed by atoms with E-state index in [2.05, 4.69) is 4.99 Å². The Morgan fingerprint density at radius 1 is 1.14 bits per heavy atom. The second kappa shape index (κ2) is 6.03. The van der Waals surface area contributed by atoms with E-state index < -0.39 is 5.97 Å². The number of carbonyl (C=O) groups excluding carboxylic acids is 1. The Morgan fingerprint density at radius 3 is 2.64 bits per heavy atom. The summed E-state index contributed by atoms with van der Waals surface area (Å²) in [5.74, 6) is 0.301. The molecule has 0 saturated carbocycles. The largest absolute Gasteiger partial charge is 0.496 e. The van der Waals surface area contributed by atoms with E-state index in [-0.39, 0.29) is 11.6 Å². The predicted octanol–water partition coefficient (Wildman–Crippen LogP) is 3.69. The Morgan fingerprint density at radius 2 is 1.86 bits per heavy atom. The minimum atomic E-state index is -0.513. The van der Waals surface area contributed by atoms with E-state index in [9.17, 15) is 4.79 Å². The molecule has 1 heterocycles. The number of nitrogens with zero attached hydrogens (tertiary/aromatic N) is 1. The highest BCUT2D eigenvalue weighted by atomic mass is 35.5. The van der Waals surface area contributed by atoms with Crippen molar-refractivity contribution in [2.45, 2.75) is 0 Å². The smallest absolute Gasteiger partial charge is 0.363 e. The fraction of sp³-hybridized carbons (Fsp3) is 0.0588. The van der Waals surface area contributed by atoms with Gasteiger partial charge in [0, 0.05) is 5.02 Å². The summed E-state index contributed by atoms with van der Waals surface area (Å²) >= 11 is 6.09. The molecule has 5 heteroatoms. The van der Waals surface area contributed by atoms with Crippen LogP contribution in [0.3, 0.4) is 0 Å². The summed E-state index contributed by atoms with van der Waals surface area (Å²) in [6.07, 6.45) is 1.60. The molecule has 0 radical (unpaired) electrons. The quantitative estimate of drug-likeness (QED) is 0.641. The molecule has 22 heavy (non-hydrogen) atoms. The molecule has 1 aliphatic heterocycles. The monoisotopic (exact) mass is 313 g/mol. The maximum Gasteiger partial charge on any atom is 0.363 e. The number of hydrogen-bond acceptors (Lipinski definition) is 4. The van der Waals surface area contributed by atoms with Crippen LogP contribution < -0.4 is 4.74 Å². The van der Waals surface area contributed by atoms with E-state index in [1.807, 2.05) is 24.3 Å². The van der Waals surface area contributed by atoms with Crippen LogP contribution in [0.4, 0.5) is 0 Å². The van der Waals surface area contributed by atoms with Gasteiger partial charge < -0.3 is 9.47 Å². The second-order valence-corrected chi connectivity index (χ2v) is 4.97. The standard InChI is InChI=1S/C17H12ClNO3/c1-21-15-9-5-3-7-12(15)16-19-14(17(20)22-16)10-11-6-2-4-8-13(11)18/h2-10H,1H3/b14-10+. The van der Waals surface area contributed by atoms with Crippen molar-refractivity contribution >= 4 is 29.5 Å². The first kappa shape index (κ1) is 14.4. The number of hydrogen-bond donors (Lipinski definition) is 0. The predicted molar refractivity (Wildman–Crippen MR) is 85.1 cm³/mol. The molecule has 110 valence electrons. The van der Waals surface area contributed by atoms with E-state index in [0.29, 0.717) is 21.9 Å². The third-order valence-corrected chi connectivity index (χ3v) is 3.50. The molecular formula is C17H12ClNO3.